The van der Waals surface area contributed by atoms with E-state index >= 15 is 0 Å². The third-order valence-corrected chi connectivity index (χ3v) is 23.5. The van der Waals surface area contributed by atoms with Crippen molar-refractivity contribution in [2.24, 2.45) is 0 Å². The van der Waals surface area contributed by atoms with Crippen molar-refractivity contribution in [2.75, 3.05) is 19.6 Å². The first-order valence-corrected chi connectivity index (χ1v) is 36.4. The molecule has 0 amide bonds. The van der Waals surface area contributed by atoms with E-state index in [1.54, 1.807) is 0 Å². The van der Waals surface area contributed by atoms with Gasteiger partial charge in [0, 0.05) is 62.6 Å². The van der Waals surface area contributed by atoms with Crippen molar-refractivity contribution in [3.63, 3.8) is 0 Å². The highest BCUT2D eigenvalue weighted by atomic mass is 15.2. The molecule has 97 heavy (non-hydrogen) atoms. The average Bonchev–Trinajstić information content (AvgIpc) is 1.54. The summed E-state index contributed by atoms with van der Waals surface area (Å²) in [5.74, 6) is 0. The molecule has 4 nitrogen and oxygen atoms in total. The Hall–Kier alpha value is -7.76. The number of fused-ring (bicyclic) bond motifs is 7. The zero-order valence-corrected chi connectivity index (χ0v) is 63.7. The minimum Gasteiger partial charge on any atom is -0.311 e. The van der Waals surface area contributed by atoms with Crippen molar-refractivity contribution >= 4 is 91.3 Å². The summed E-state index contributed by atoms with van der Waals surface area (Å²) in [6, 6.07) is 68.7. The molecule has 0 radical (unpaired) electrons. The standard InChI is InChI=1S/C92H109BN4/c1-57-46-70-73(91(22,23)55-88(70,16)17)52-77(57)97-78-48-67(94(62-34-26-58(27-35-62)83(2,3)4)63-36-28-59(29-37-63)84(5,6)7)43-45-75(78)93-76-51-72-74(92(24,25)56-90(72,20)21)53-79(76)96(66-42-44-69-71(47-66)89(18,19)54-87(69,14)15)80-49-68(50-81(97)82(80)93)95(64-38-30-60(31-39-64)85(8,9)10)65-40-32-61(33-41-65)86(11,12)13/h26-53H,54-56H2,1-25H3. The third kappa shape index (κ3) is 11.0. The minimum atomic E-state index is -0.124. The molecule has 0 bridgehead atoms. The molecule has 5 aliphatic rings. The zero-order valence-electron chi connectivity index (χ0n) is 63.7. The summed E-state index contributed by atoms with van der Waals surface area (Å²) in [5.41, 5.74) is 33.3. The normalized spacial score (nSPS) is 18.1. The monoisotopic (exact) mass is 1280 g/mol. The fourth-order valence-electron chi connectivity index (χ4n) is 19.0. The van der Waals surface area contributed by atoms with Gasteiger partial charge in [-0.3, -0.25) is 0 Å². The molecule has 0 fully saturated rings. The van der Waals surface area contributed by atoms with Crippen molar-refractivity contribution in [1.29, 1.82) is 0 Å². The number of benzene rings is 9. The maximum absolute atomic E-state index is 2.75. The summed E-state index contributed by atoms with van der Waals surface area (Å²) < 4.78 is 0. The lowest BCUT2D eigenvalue weighted by molar-refractivity contribution is 0.402. The summed E-state index contributed by atoms with van der Waals surface area (Å²) in [6.07, 6.45) is 3.25. The zero-order chi connectivity index (χ0) is 69.8. The van der Waals surface area contributed by atoms with Crippen LogP contribution in [0.3, 0.4) is 0 Å². The molecule has 0 atom stereocenters. The number of nitrogens with zero attached hydrogens (tertiary/aromatic N) is 4. The van der Waals surface area contributed by atoms with Gasteiger partial charge in [-0.2, -0.15) is 0 Å². The van der Waals surface area contributed by atoms with Crippen LogP contribution in [0.1, 0.15) is 247 Å². The van der Waals surface area contributed by atoms with Crippen LogP contribution in [-0.4, -0.2) is 6.71 Å². The van der Waals surface area contributed by atoms with Gasteiger partial charge in [-0.1, -0.05) is 239 Å². The quantitative estimate of drug-likeness (QED) is 0.141. The van der Waals surface area contributed by atoms with Crippen LogP contribution in [0, 0.1) is 6.92 Å². The highest BCUT2D eigenvalue weighted by Gasteiger charge is 2.51. The van der Waals surface area contributed by atoms with Gasteiger partial charge in [0.1, 0.15) is 0 Å². The Kier molecular flexibility index (Phi) is 14.8. The van der Waals surface area contributed by atoms with Crippen molar-refractivity contribution in [3.8, 4) is 0 Å². The maximum Gasteiger partial charge on any atom is 0.252 e. The molecule has 5 heteroatoms. The topological polar surface area (TPSA) is 13.0 Å². The van der Waals surface area contributed by atoms with Crippen molar-refractivity contribution in [1.82, 2.24) is 0 Å². The minimum absolute atomic E-state index is 0.00102. The molecule has 0 aromatic heterocycles. The van der Waals surface area contributed by atoms with Gasteiger partial charge in [-0.15, -0.1) is 0 Å². The number of anilines is 12. The van der Waals surface area contributed by atoms with Crippen LogP contribution in [0.5, 0.6) is 0 Å². The molecule has 0 saturated heterocycles. The molecule has 9 aromatic rings. The van der Waals surface area contributed by atoms with E-state index in [1.165, 1.54) is 112 Å². The van der Waals surface area contributed by atoms with Crippen LogP contribution in [0.4, 0.5) is 68.2 Å². The predicted octanol–water partition coefficient (Wildman–Crippen LogP) is 24.1. The Labute approximate surface area is 585 Å². The Bertz CT molecular complexity index is 4520. The lowest BCUT2D eigenvalue weighted by Gasteiger charge is -2.46. The van der Waals surface area contributed by atoms with E-state index in [0.717, 1.165) is 53.4 Å². The lowest BCUT2D eigenvalue weighted by atomic mass is 9.33. The summed E-state index contributed by atoms with van der Waals surface area (Å²) in [7, 11) is 0. The van der Waals surface area contributed by atoms with Gasteiger partial charge in [0.2, 0.25) is 0 Å². The fourth-order valence-corrected chi connectivity index (χ4v) is 19.0. The highest BCUT2D eigenvalue weighted by Crippen LogP contribution is 2.58. The van der Waals surface area contributed by atoms with Crippen LogP contribution in [-0.2, 0) is 54.1 Å². The molecule has 2 heterocycles. The first kappa shape index (κ1) is 66.5. The van der Waals surface area contributed by atoms with Gasteiger partial charge in [0.15, 0.2) is 0 Å². The molecule has 0 saturated carbocycles. The van der Waals surface area contributed by atoms with Crippen LogP contribution in [0.2, 0.25) is 0 Å². The Morgan fingerprint density at radius 3 is 1.02 bits per heavy atom. The van der Waals surface area contributed by atoms with E-state index in [-0.39, 0.29) is 60.9 Å². The number of hydrogen-bond acceptors (Lipinski definition) is 4. The molecule has 3 aliphatic carbocycles. The number of rotatable bonds is 8. The van der Waals surface area contributed by atoms with E-state index in [4.69, 9.17) is 0 Å². The van der Waals surface area contributed by atoms with Gasteiger partial charge >= 0.3 is 0 Å². The maximum atomic E-state index is 2.75. The molecular weight excluding hydrogens is 1170 g/mol. The Morgan fingerprint density at radius 1 is 0.289 bits per heavy atom. The largest absolute Gasteiger partial charge is 0.311 e. The van der Waals surface area contributed by atoms with Crippen LogP contribution >= 0.6 is 0 Å². The first-order chi connectivity index (χ1) is 44.9. The Morgan fingerprint density at radius 2 is 0.608 bits per heavy atom. The fraction of sp³-hybridized carbons (Fsp3) is 0.413. The van der Waals surface area contributed by atoms with Gasteiger partial charge < -0.3 is 19.6 Å². The molecular formula is C92H109BN4. The number of hydrogen-bond donors (Lipinski definition) is 0. The summed E-state index contributed by atoms with van der Waals surface area (Å²) in [6.45, 7) is 59.9. The van der Waals surface area contributed by atoms with Crippen molar-refractivity contribution in [3.05, 3.63) is 231 Å². The van der Waals surface area contributed by atoms with Crippen LogP contribution in [0.25, 0.3) is 0 Å². The number of aryl methyl sites for hydroxylation is 1. The Balaban J connectivity index is 1.14. The molecule has 9 aromatic carbocycles. The molecule has 14 rings (SSSR count). The summed E-state index contributed by atoms with van der Waals surface area (Å²) in [4.78, 5) is 10.6. The van der Waals surface area contributed by atoms with E-state index in [1.807, 2.05) is 0 Å². The van der Waals surface area contributed by atoms with Crippen LogP contribution in [0.15, 0.2) is 170 Å². The summed E-state index contributed by atoms with van der Waals surface area (Å²) in [5, 5.41) is 0. The van der Waals surface area contributed by atoms with Crippen molar-refractivity contribution in [2.45, 2.75) is 247 Å². The van der Waals surface area contributed by atoms with Gasteiger partial charge in [-0.05, 0) is 255 Å². The smallest absolute Gasteiger partial charge is 0.252 e. The van der Waals surface area contributed by atoms with E-state index < -0.39 is 0 Å². The molecule has 0 spiro atoms. The van der Waals surface area contributed by atoms with E-state index in [2.05, 4.69) is 363 Å². The van der Waals surface area contributed by atoms with E-state index in [0.29, 0.717) is 0 Å². The van der Waals surface area contributed by atoms with Crippen molar-refractivity contribution < 1.29 is 0 Å². The summed E-state index contributed by atoms with van der Waals surface area (Å²) >= 11 is 0. The lowest BCUT2D eigenvalue weighted by Crippen LogP contribution is -2.61. The van der Waals surface area contributed by atoms with Gasteiger partial charge in [0.05, 0.1) is 5.69 Å². The second-order valence-electron chi connectivity index (χ2n) is 38.3. The SMILES string of the molecule is Cc1cc2c(cc1N1c3cc(N(c4ccc(C(C)(C)C)cc4)c4ccc(C(C)(C)C)cc4)ccc3B3c4cc5c(cc4N(c4ccc6c(c4)C(C)(C)CC6(C)C)c4cc(N(c6ccc(C(C)(C)C)cc6)c6ccc(C(C)(C)C)cc6)cc1c43)C(C)(C)CC5(C)C)C(C)(C)CC2(C)C. The molecule has 500 valence electrons. The molecule has 2 aliphatic heterocycles. The first-order valence-electron chi connectivity index (χ1n) is 36.4. The second kappa shape index (κ2) is 21.6. The van der Waals surface area contributed by atoms with Crippen LogP contribution < -0.4 is 36.0 Å². The van der Waals surface area contributed by atoms with E-state index in [9.17, 15) is 0 Å². The average molecular weight is 1280 g/mol. The predicted molar refractivity (Wildman–Crippen MR) is 421 cm³/mol. The molecule has 0 unspecified atom stereocenters. The van der Waals surface area contributed by atoms with Gasteiger partial charge in [0.25, 0.3) is 6.71 Å². The molecule has 0 N–H and O–H groups in total. The second-order valence-corrected chi connectivity index (χ2v) is 38.3. The third-order valence-electron chi connectivity index (χ3n) is 23.5. The highest BCUT2D eigenvalue weighted by molar-refractivity contribution is 7.00. The van der Waals surface area contributed by atoms with Gasteiger partial charge in [-0.25, -0.2) is 0 Å².